The first-order valence-electron chi connectivity index (χ1n) is 9.36. The number of carbonyl (C=O) groups excluding carboxylic acids is 1. The smallest absolute Gasteiger partial charge is 0.240 e. The first-order valence-corrected chi connectivity index (χ1v) is 10.2. The fourth-order valence-electron chi connectivity index (χ4n) is 3.56. The number of nitrogens with zero attached hydrogens (tertiary/aromatic N) is 2. The Bertz CT molecular complexity index is 820. The number of nitrogens with one attached hydrogen (secondary N) is 1. The van der Waals surface area contributed by atoms with Gasteiger partial charge < -0.3 is 14.8 Å². The highest BCUT2D eigenvalue weighted by Crippen LogP contribution is 2.31. The molecule has 0 aliphatic carbocycles. The van der Waals surface area contributed by atoms with Gasteiger partial charge in [-0.05, 0) is 31.0 Å². The van der Waals surface area contributed by atoms with Crippen LogP contribution >= 0.6 is 11.3 Å². The van der Waals surface area contributed by atoms with E-state index in [1.807, 2.05) is 5.38 Å². The molecule has 0 saturated carbocycles. The summed E-state index contributed by atoms with van der Waals surface area (Å²) in [5.74, 6) is -0.427. The van der Waals surface area contributed by atoms with Crippen LogP contribution in [0.5, 0.6) is 0 Å². The summed E-state index contributed by atoms with van der Waals surface area (Å²) in [5, 5.41) is 5.56. The van der Waals surface area contributed by atoms with Gasteiger partial charge >= 0.3 is 0 Å². The summed E-state index contributed by atoms with van der Waals surface area (Å²) in [6, 6.07) is 6.30. The molecule has 0 bridgehead atoms. The van der Waals surface area contributed by atoms with Gasteiger partial charge in [0.1, 0.15) is 0 Å². The van der Waals surface area contributed by atoms with E-state index in [0.29, 0.717) is 24.9 Å². The number of thiazole rings is 1. The molecule has 2 aromatic rings. The minimum absolute atomic E-state index is 0.0276. The van der Waals surface area contributed by atoms with E-state index in [2.05, 4.69) is 47.2 Å². The lowest BCUT2D eigenvalue weighted by Gasteiger charge is -2.37. The van der Waals surface area contributed by atoms with Gasteiger partial charge in [0, 0.05) is 36.9 Å². The second-order valence-corrected chi connectivity index (χ2v) is 8.13. The molecule has 1 aromatic carbocycles. The van der Waals surface area contributed by atoms with Gasteiger partial charge in [-0.3, -0.25) is 9.69 Å². The zero-order valence-corrected chi connectivity index (χ0v) is 16.6. The van der Waals surface area contributed by atoms with Gasteiger partial charge in [0.15, 0.2) is 10.9 Å². The lowest BCUT2D eigenvalue weighted by atomic mass is 10.0. The van der Waals surface area contributed by atoms with Crippen molar-refractivity contribution in [3.05, 3.63) is 34.7 Å². The van der Waals surface area contributed by atoms with Crippen LogP contribution in [0.15, 0.2) is 23.6 Å². The number of hydrogen-bond acceptors (Lipinski definition) is 6. The summed E-state index contributed by atoms with van der Waals surface area (Å²) in [5.41, 5.74) is 4.48. The van der Waals surface area contributed by atoms with E-state index in [-0.39, 0.29) is 5.91 Å². The van der Waals surface area contributed by atoms with E-state index < -0.39 is 5.79 Å². The molecule has 7 heteroatoms. The first kappa shape index (κ1) is 18.6. The lowest BCUT2D eigenvalue weighted by molar-refractivity contribution is -0.185. The molecule has 27 heavy (non-hydrogen) atoms. The Morgan fingerprint density at radius 1 is 1.22 bits per heavy atom. The van der Waals surface area contributed by atoms with Crippen LogP contribution in [-0.2, 0) is 14.3 Å². The SMILES string of the molecule is Cc1ccc(-c2csc(NC(=O)CN3CCC4(CC3)OCCO4)n2)cc1C. The molecule has 0 unspecified atom stereocenters. The van der Waals surface area contributed by atoms with E-state index in [0.717, 1.165) is 37.2 Å². The minimum atomic E-state index is -0.399. The topological polar surface area (TPSA) is 63.7 Å². The second kappa shape index (κ2) is 7.67. The maximum atomic E-state index is 12.4. The second-order valence-electron chi connectivity index (χ2n) is 7.27. The van der Waals surface area contributed by atoms with Gasteiger partial charge in [0.05, 0.1) is 25.5 Å². The molecule has 6 nitrogen and oxygen atoms in total. The van der Waals surface area contributed by atoms with Crippen molar-refractivity contribution in [2.45, 2.75) is 32.5 Å². The number of aromatic nitrogens is 1. The Morgan fingerprint density at radius 2 is 1.96 bits per heavy atom. The number of likely N-dealkylation sites (tertiary alicyclic amines) is 1. The molecule has 144 valence electrons. The van der Waals surface area contributed by atoms with Crippen molar-refractivity contribution < 1.29 is 14.3 Å². The molecule has 2 fully saturated rings. The van der Waals surface area contributed by atoms with Gasteiger partial charge in [-0.15, -0.1) is 11.3 Å². The molecule has 4 rings (SSSR count). The van der Waals surface area contributed by atoms with Gasteiger partial charge in [-0.25, -0.2) is 4.98 Å². The maximum Gasteiger partial charge on any atom is 0.240 e. The van der Waals surface area contributed by atoms with E-state index in [9.17, 15) is 4.79 Å². The van der Waals surface area contributed by atoms with Crippen LogP contribution in [0.4, 0.5) is 5.13 Å². The average molecular weight is 388 g/mol. The highest BCUT2D eigenvalue weighted by Gasteiger charge is 2.39. The summed E-state index contributed by atoms with van der Waals surface area (Å²) in [4.78, 5) is 19.1. The van der Waals surface area contributed by atoms with Crippen LogP contribution in [0.1, 0.15) is 24.0 Å². The highest BCUT2D eigenvalue weighted by atomic mass is 32.1. The number of anilines is 1. The monoisotopic (exact) mass is 387 g/mol. The van der Waals surface area contributed by atoms with Gasteiger partial charge in [0.2, 0.25) is 5.91 Å². The molecule has 1 spiro atoms. The fourth-order valence-corrected chi connectivity index (χ4v) is 4.30. The third-order valence-corrected chi connectivity index (χ3v) is 6.11. The summed E-state index contributed by atoms with van der Waals surface area (Å²) in [7, 11) is 0. The van der Waals surface area contributed by atoms with Crippen molar-refractivity contribution in [3.8, 4) is 11.3 Å². The largest absolute Gasteiger partial charge is 0.347 e. The summed E-state index contributed by atoms with van der Waals surface area (Å²) < 4.78 is 11.5. The molecule has 2 saturated heterocycles. The molecule has 3 heterocycles. The van der Waals surface area contributed by atoms with Crippen molar-refractivity contribution in [1.82, 2.24) is 9.88 Å². The fraction of sp³-hybridized carbons (Fsp3) is 0.500. The Hall–Kier alpha value is -1.80. The van der Waals surface area contributed by atoms with Crippen LogP contribution < -0.4 is 5.32 Å². The third kappa shape index (κ3) is 4.21. The maximum absolute atomic E-state index is 12.4. The van der Waals surface area contributed by atoms with E-state index >= 15 is 0 Å². The summed E-state index contributed by atoms with van der Waals surface area (Å²) in [6.07, 6.45) is 1.63. The summed E-state index contributed by atoms with van der Waals surface area (Å²) in [6.45, 7) is 7.52. The molecular weight excluding hydrogens is 362 g/mol. The zero-order valence-electron chi connectivity index (χ0n) is 15.8. The highest BCUT2D eigenvalue weighted by molar-refractivity contribution is 7.14. The molecule has 1 aromatic heterocycles. The molecule has 1 amide bonds. The summed E-state index contributed by atoms with van der Waals surface area (Å²) >= 11 is 1.46. The number of carbonyl (C=O) groups is 1. The van der Waals surface area contributed by atoms with Crippen LogP contribution in [-0.4, -0.2) is 54.4 Å². The molecule has 0 atom stereocenters. The normalized spacial score (nSPS) is 19.5. The Labute approximate surface area is 163 Å². The van der Waals surface area contributed by atoms with Gasteiger partial charge in [0.25, 0.3) is 0 Å². The average Bonchev–Trinajstić information content (AvgIpc) is 3.30. The lowest BCUT2D eigenvalue weighted by Crippen LogP contribution is -2.47. The van der Waals surface area contributed by atoms with Crippen LogP contribution in [0.25, 0.3) is 11.3 Å². The predicted molar refractivity (Wildman–Crippen MR) is 106 cm³/mol. The molecular formula is C20H25N3O3S. The van der Waals surface area contributed by atoms with Gasteiger partial charge in [-0.1, -0.05) is 12.1 Å². The molecule has 2 aliphatic rings. The Balaban J connectivity index is 1.31. The standard InChI is InChI=1S/C20H25N3O3S/c1-14-3-4-16(11-15(14)2)17-13-27-19(21-17)22-18(24)12-23-7-5-20(6-8-23)25-9-10-26-20/h3-4,11,13H,5-10,12H2,1-2H3,(H,21,22,24). The quantitative estimate of drug-likeness (QED) is 0.873. The van der Waals surface area contributed by atoms with Gasteiger partial charge in [-0.2, -0.15) is 0 Å². The van der Waals surface area contributed by atoms with Crippen molar-refractivity contribution in [1.29, 1.82) is 0 Å². The molecule has 0 radical (unpaired) electrons. The number of piperidine rings is 1. The van der Waals surface area contributed by atoms with Crippen molar-refractivity contribution in [2.24, 2.45) is 0 Å². The molecule has 1 N–H and O–H groups in total. The number of aryl methyl sites for hydroxylation is 2. The Kier molecular flexibility index (Phi) is 5.27. The van der Waals surface area contributed by atoms with Crippen LogP contribution in [0.2, 0.25) is 0 Å². The first-order chi connectivity index (χ1) is 13.0. The van der Waals surface area contributed by atoms with Crippen LogP contribution in [0.3, 0.4) is 0 Å². The predicted octanol–water partition coefficient (Wildman–Crippen LogP) is 3.20. The van der Waals surface area contributed by atoms with E-state index in [4.69, 9.17) is 9.47 Å². The Morgan fingerprint density at radius 3 is 2.67 bits per heavy atom. The van der Waals surface area contributed by atoms with E-state index in [1.54, 1.807) is 0 Å². The van der Waals surface area contributed by atoms with Crippen molar-refractivity contribution in [3.63, 3.8) is 0 Å². The number of hydrogen-bond donors (Lipinski definition) is 1. The number of amides is 1. The molecule has 2 aliphatic heterocycles. The number of ether oxygens (including phenoxy) is 2. The van der Waals surface area contributed by atoms with Crippen molar-refractivity contribution >= 4 is 22.4 Å². The zero-order chi connectivity index (χ0) is 18.9. The van der Waals surface area contributed by atoms with E-state index in [1.165, 1.54) is 22.5 Å². The van der Waals surface area contributed by atoms with Crippen molar-refractivity contribution in [2.75, 3.05) is 38.2 Å². The number of benzene rings is 1. The van der Waals surface area contributed by atoms with Crippen LogP contribution in [0, 0.1) is 13.8 Å². The third-order valence-electron chi connectivity index (χ3n) is 5.35. The number of rotatable bonds is 4. The minimum Gasteiger partial charge on any atom is -0.347 e.